The zero-order chi connectivity index (χ0) is 24.6. The van der Waals surface area contributed by atoms with Gasteiger partial charge in [0, 0.05) is 17.6 Å². The lowest BCUT2D eigenvalue weighted by Crippen LogP contribution is -2.53. The number of rotatable bonds is 11. The van der Waals surface area contributed by atoms with Crippen molar-refractivity contribution in [3.63, 3.8) is 0 Å². The number of carbonyl (C=O) groups excluding carboxylic acids is 2. The largest absolute Gasteiger partial charge is 0.352 e. The molecule has 9 heteroatoms. The third-order valence-corrected chi connectivity index (χ3v) is 6.73. The van der Waals surface area contributed by atoms with Gasteiger partial charge in [0.15, 0.2) is 0 Å². The van der Waals surface area contributed by atoms with E-state index in [0.717, 1.165) is 22.5 Å². The second-order valence-electron chi connectivity index (χ2n) is 8.00. The van der Waals surface area contributed by atoms with E-state index in [4.69, 9.17) is 11.6 Å². The van der Waals surface area contributed by atoms with Crippen molar-refractivity contribution in [3.05, 3.63) is 65.2 Å². The van der Waals surface area contributed by atoms with Crippen LogP contribution in [0.2, 0.25) is 5.02 Å². The number of anilines is 1. The number of hydrogen-bond acceptors (Lipinski definition) is 4. The summed E-state index contributed by atoms with van der Waals surface area (Å²) in [5.74, 6) is -0.736. The van der Waals surface area contributed by atoms with Crippen LogP contribution in [-0.4, -0.2) is 50.0 Å². The number of benzene rings is 2. The minimum absolute atomic E-state index is 0.0424. The van der Waals surface area contributed by atoms with Crippen LogP contribution >= 0.6 is 11.6 Å². The molecule has 0 bridgehead atoms. The Morgan fingerprint density at radius 1 is 1.03 bits per heavy atom. The fraction of sp³-hybridized carbons (Fsp3) is 0.417. The van der Waals surface area contributed by atoms with Crippen molar-refractivity contribution in [3.8, 4) is 0 Å². The van der Waals surface area contributed by atoms with Gasteiger partial charge in [-0.25, -0.2) is 8.42 Å². The van der Waals surface area contributed by atoms with E-state index in [1.165, 1.54) is 11.0 Å². The predicted octanol–water partition coefficient (Wildman–Crippen LogP) is 3.83. The number of nitrogens with one attached hydrogen (secondary N) is 1. The predicted molar refractivity (Wildman–Crippen MR) is 133 cm³/mol. The summed E-state index contributed by atoms with van der Waals surface area (Å²) >= 11 is 6.05. The van der Waals surface area contributed by atoms with E-state index in [1.54, 1.807) is 18.2 Å². The molecule has 2 aromatic rings. The number of halogens is 1. The first-order valence-corrected chi connectivity index (χ1v) is 13.2. The Labute approximate surface area is 201 Å². The summed E-state index contributed by atoms with van der Waals surface area (Å²) in [4.78, 5) is 28.0. The van der Waals surface area contributed by atoms with Crippen LogP contribution in [0.4, 0.5) is 5.69 Å². The minimum atomic E-state index is -3.79. The quantitative estimate of drug-likeness (QED) is 0.515. The third-order valence-electron chi connectivity index (χ3n) is 5.36. The second kappa shape index (κ2) is 12.0. The molecule has 2 aromatic carbocycles. The van der Waals surface area contributed by atoms with Crippen molar-refractivity contribution in [2.45, 2.75) is 52.2 Å². The lowest BCUT2D eigenvalue weighted by Gasteiger charge is -2.33. The minimum Gasteiger partial charge on any atom is -0.352 e. The summed E-state index contributed by atoms with van der Waals surface area (Å²) < 4.78 is 26.1. The van der Waals surface area contributed by atoms with E-state index in [0.29, 0.717) is 11.4 Å². The van der Waals surface area contributed by atoms with E-state index in [2.05, 4.69) is 5.32 Å². The van der Waals surface area contributed by atoms with Gasteiger partial charge >= 0.3 is 0 Å². The van der Waals surface area contributed by atoms with Crippen molar-refractivity contribution >= 4 is 39.1 Å². The Balaban J connectivity index is 2.41. The lowest BCUT2D eigenvalue weighted by atomic mass is 10.1. The topological polar surface area (TPSA) is 86.8 Å². The van der Waals surface area contributed by atoms with Crippen LogP contribution in [0, 0.1) is 0 Å². The molecular formula is C24H32ClN3O4S. The highest BCUT2D eigenvalue weighted by Crippen LogP contribution is 2.23. The van der Waals surface area contributed by atoms with Crippen LogP contribution in [0.5, 0.6) is 0 Å². The van der Waals surface area contributed by atoms with Crippen LogP contribution in [0.25, 0.3) is 0 Å². The Bertz CT molecular complexity index is 1050. The molecular weight excluding hydrogens is 462 g/mol. The van der Waals surface area contributed by atoms with Gasteiger partial charge in [-0.1, -0.05) is 61.8 Å². The first-order chi connectivity index (χ1) is 15.6. The number of sulfonamides is 1. The summed E-state index contributed by atoms with van der Waals surface area (Å²) in [6, 6.07) is 14.8. The zero-order valence-electron chi connectivity index (χ0n) is 19.5. The average molecular weight is 494 g/mol. The van der Waals surface area contributed by atoms with Gasteiger partial charge in [0.2, 0.25) is 21.8 Å². The molecule has 2 amide bonds. The molecule has 180 valence electrons. The zero-order valence-corrected chi connectivity index (χ0v) is 21.1. The first-order valence-electron chi connectivity index (χ1n) is 10.9. The number of nitrogens with zero attached hydrogens (tertiary/aromatic N) is 2. The molecule has 0 aromatic heterocycles. The van der Waals surface area contributed by atoms with Crippen molar-refractivity contribution < 1.29 is 18.0 Å². The smallest absolute Gasteiger partial charge is 0.244 e. The summed E-state index contributed by atoms with van der Waals surface area (Å²) in [5, 5.41) is 3.30. The molecule has 0 saturated heterocycles. The molecule has 33 heavy (non-hydrogen) atoms. The molecule has 0 unspecified atom stereocenters. The monoisotopic (exact) mass is 493 g/mol. The van der Waals surface area contributed by atoms with Crippen LogP contribution < -0.4 is 9.62 Å². The Morgan fingerprint density at radius 3 is 2.24 bits per heavy atom. The molecule has 2 atom stereocenters. The van der Waals surface area contributed by atoms with Gasteiger partial charge in [0.25, 0.3) is 0 Å². The number of carbonyl (C=O) groups is 2. The third kappa shape index (κ3) is 7.75. The van der Waals surface area contributed by atoms with Crippen LogP contribution in [-0.2, 0) is 26.2 Å². The summed E-state index contributed by atoms with van der Waals surface area (Å²) in [6.07, 6.45) is 2.18. The van der Waals surface area contributed by atoms with Gasteiger partial charge in [0.05, 0.1) is 11.9 Å². The summed E-state index contributed by atoms with van der Waals surface area (Å²) in [6.45, 7) is 5.43. The Morgan fingerprint density at radius 2 is 1.70 bits per heavy atom. The maximum Gasteiger partial charge on any atom is 0.244 e. The van der Waals surface area contributed by atoms with Crippen molar-refractivity contribution in [2.24, 2.45) is 0 Å². The lowest BCUT2D eigenvalue weighted by molar-refractivity contribution is -0.140. The molecule has 1 N–H and O–H groups in total. The summed E-state index contributed by atoms with van der Waals surface area (Å²) in [5.41, 5.74) is 1.13. The van der Waals surface area contributed by atoms with Gasteiger partial charge < -0.3 is 10.2 Å². The molecule has 0 heterocycles. The van der Waals surface area contributed by atoms with Gasteiger partial charge in [0.1, 0.15) is 12.6 Å². The van der Waals surface area contributed by atoms with Crippen molar-refractivity contribution in [1.82, 2.24) is 10.2 Å². The molecule has 7 nitrogen and oxygen atoms in total. The SMILES string of the molecule is CC[C@H](C(=O)N[C@@H](C)CC)N(Cc1ccccc1)C(=O)CN(c1cccc(Cl)c1)S(C)(=O)=O. The van der Waals surface area contributed by atoms with E-state index in [1.807, 2.05) is 51.1 Å². The highest BCUT2D eigenvalue weighted by atomic mass is 35.5. The van der Waals surface area contributed by atoms with Gasteiger partial charge in [-0.3, -0.25) is 13.9 Å². The van der Waals surface area contributed by atoms with Crippen LogP contribution in [0.3, 0.4) is 0 Å². The summed E-state index contributed by atoms with van der Waals surface area (Å²) in [7, 11) is -3.79. The molecule has 2 rings (SSSR count). The molecule has 0 aliphatic carbocycles. The van der Waals surface area contributed by atoms with E-state index in [-0.39, 0.29) is 24.2 Å². The average Bonchev–Trinajstić information content (AvgIpc) is 2.76. The maximum atomic E-state index is 13.5. The fourth-order valence-corrected chi connectivity index (χ4v) is 4.41. The standard InChI is InChI=1S/C24H32ClN3O4S/c1-5-18(3)26-24(30)22(6-2)27(16-19-11-8-7-9-12-19)23(29)17-28(33(4,31)32)21-14-10-13-20(25)15-21/h7-15,18,22H,5-6,16-17H2,1-4H3,(H,26,30)/t18-,22+/m0/s1. The van der Waals surface area contributed by atoms with Crippen LogP contribution in [0.1, 0.15) is 39.2 Å². The van der Waals surface area contributed by atoms with E-state index >= 15 is 0 Å². The highest BCUT2D eigenvalue weighted by molar-refractivity contribution is 7.92. The van der Waals surface area contributed by atoms with Gasteiger partial charge in [-0.15, -0.1) is 0 Å². The molecule has 0 aliphatic heterocycles. The number of amides is 2. The molecule has 0 spiro atoms. The Hall–Kier alpha value is -2.58. The highest BCUT2D eigenvalue weighted by Gasteiger charge is 2.32. The van der Waals surface area contributed by atoms with E-state index in [9.17, 15) is 18.0 Å². The molecule has 0 aliphatic rings. The number of hydrogen-bond donors (Lipinski definition) is 1. The van der Waals surface area contributed by atoms with Crippen molar-refractivity contribution in [2.75, 3.05) is 17.1 Å². The second-order valence-corrected chi connectivity index (χ2v) is 10.3. The first kappa shape index (κ1) is 26.7. The van der Waals surface area contributed by atoms with Crippen molar-refractivity contribution in [1.29, 1.82) is 0 Å². The normalized spacial score (nSPS) is 13.1. The molecule has 0 fully saturated rings. The molecule has 0 saturated carbocycles. The van der Waals surface area contributed by atoms with E-state index < -0.39 is 28.5 Å². The Kier molecular flexibility index (Phi) is 9.73. The van der Waals surface area contributed by atoms with Crippen LogP contribution in [0.15, 0.2) is 54.6 Å². The van der Waals surface area contributed by atoms with Gasteiger partial charge in [-0.05, 0) is 43.5 Å². The maximum absolute atomic E-state index is 13.5. The van der Waals surface area contributed by atoms with Gasteiger partial charge in [-0.2, -0.15) is 0 Å². The fourth-order valence-electron chi connectivity index (χ4n) is 3.39. The molecule has 0 radical (unpaired) electrons.